The Kier molecular flexibility index (Phi) is 30.6. The molecular weight excluding hydrogens is 830 g/mol. The van der Waals surface area contributed by atoms with Crippen molar-refractivity contribution in [1.82, 2.24) is 5.32 Å². The van der Waals surface area contributed by atoms with Gasteiger partial charge in [-0.15, -0.1) is 0 Å². The molecule has 0 bridgehead atoms. The van der Waals surface area contributed by atoms with Gasteiger partial charge in [-0.3, -0.25) is 9.59 Å². The topological polar surface area (TPSA) is 221 Å². The van der Waals surface area contributed by atoms with E-state index in [0.717, 1.165) is 0 Å². The van der Waals surface area contributed by atoms with E-state index in [1.807, 2.05) is 24.3 Å². The smallest absolute Gasteiger partial charge is 0.407 e. The van der Waals surface area contributed by atoms with Crippen molar-refractivity contribution in [3.05, 3.63) is 59.7 Å². The van der Waals surface area contributed by atoms with E-state index in [9.17, 15) is 19.2 Å². The van der Waals surface area contributed by atoms with Gasteiger partial charge < -0.3 is 72.0 Å². The minimum Gasteiger partial charge on any atom is -0.476 e. The first-order valence-electron chi connectivity index (χ1n) is 21.3. The van der Waals surface area contributed by atoms with Crippen LogP contribution in [0.15, 0.2) is 48.5 Å². The lowest BCUT2D eigenvalue weighted by Crippen LogP contribution is -2.29. The molecular formula is C44H65NO18. The van der Waals surface area contributed by atoms with Gasteiger partial charge in [-0.2, -0.15) is 0 Å². The van der Waals surface area contributed by atoms with Gasteiger partial charge in [0.15, 0.2) is 0 Å². The summed E-state index contributed by atoms with van der Waals surface area (Å²) in [6.45, 7) is 9.75. The highest BCUT2D eigenvalue weighted by atomic mass is 16.6. The number of Topliss-reactive ketones (excluding diaryl/α,β-unsaturated/α-hetero) is 1. The number of carbonyl (C=O) groups is 4. The molecule has 0 aromatic heterocycles. The van der Waals surface area contributed by atoms with Crippen LogP contribution in [0.4, 0.5) is 4.79 Å². The number of nitrogens with one attached hydrogen (secondary N) is 1. The normalized spacial score (nSPS) is 11.9. The fourth-order valence-electron chi connectivity index (χ4n) is 5.79. The molecule has 19 heteroatoms. The Morgan fingerprint density at radius 1 is 0.429 bits per heavy atom. The van der Waals surface area contributed by atoms with E-state index >= 15 is 0 Å². The predicted octanol–water partition coefficient (Wildman–Crippen LogP) is 2.68. The zero-order chi connectivity index (χ0) is 44.8. The standard InChI is InChI=1S/C44H65NO18/c46-41(43(48)49)9-10-42(47)62-34-33-61-32-31-60-30-29-59-28-27-58-26-25-57-24-23-56-22-21-55-20-19-54-18-17-53-16-15-52-14-13-51-12-11-45-44(50)63-35-40-38-7-3-1-5-36(38)37-6-2-4-8-39(37)40/h1-8,40H,9-35H2,(H,45,50)(H,48,49). The first-order valence-corrected chi connectivity index (χ1v) is 21.3. The summed E-state index contributed by atoms with van der Waals surface area (Å²) in [7, 11) is 0. The number of ketones is 1. The van der Waals surface area contributed by atoms with Crippen molar-refractivity contribution in [1.29, 1.82) is 0 Å². The molecule has 2 aromatic carbocycles. The summed E-state index contributed by atoms with van der Waals surface area (Å²) < 4.78 is 70.4. The number of carbonyl (C=O) groups excluding carboxylic acids is 3. The molecule has 1 amide bonds. The van der Waals surface area contributed by atoms with Gasteiger partial charge in [-0.05, 0) is 22.3 Å². The number of ether oxygens (including phenoxy) is 13. The Morgan fingerprint density at radius 2 is 0.762 bits per heavy atom. The van der Waals surface area contributed by atoms with E-state index in [2.05, 4.69) is 29.6 Å². The SMILES string of the molecule is O=C(CCC(=O)C(=O)O)OCCOCCOCCOCCOCCOCCOCCOCCOCCOCCOCCOCCNC(=O)OCC1c2ccccc2-c2ccccc21. The number of esters is 1. The molecule has 0 atom stereocenters. The molecule has 0 saturated heterocycles. The van der Waals surface area contributed by atoms with Gasteiger partial charge >= 0.3 is 18.0 Å². The van der Waals surface area contributed by atoms with Crippen molar-refractivity contribution in [2.45, 2.75) is 18.8 Å². The summed E-state index contributed by atoms with van der Waals surface area (Å²) in [4.78, 5) is 45.0. The number of aliphatic carboxylic acids is 1. The van der Waals surface area contributed by atoms with Crippen LogP contribution >= 0.6 is 0 Å². The summed E-state index contributed by atoms with van der Waals surface area (Å²) >= 11 is 0. The zero-order valence-corrected chi connectivity index (χ0v) is 36.2. The maximum absolute atomic E-state index is 12.3. The first kappa shape index (κ1) is 53.2. The number of rotatable bonds is 42. The van der Waals surface area contributed by atoms with Gasteiger partial charge in [0.1, 0.15) is 13.2 Å². The number of carboxylic acid groups (broad SMARTS) is 1. The molecule has 0 unspecified atom stereocenters. The molecule has 19 nitrogen and oxygen atoms in total. The summed E-state index contributed by atoms with van der Waals surface area (Å²) in [6, 6.07) is 16.5. The number of benzene rings is 2. The summed E-state index contributed by atoms with van der Waals surface area (Å²) in [5, 5.41) is 11.2. The van der Waals surface area contributed by atoms with E-state index < -0.39 is 30.2 Å². The number of hydrogen-bond donors (Lipinski definition) is 2. The largest absolute Gasteiger partial charge is 0.476 e. The molecule has 0 saturated carbocycles. The maximum Gasteiger partial charge on any atom is 0.407 e. The molecule has 0 radical (unpaired) electrons. The van der Waals surface area contributed by atoms with Gasteiger partial charge in [0.05, 0.1) is 152 Å². The van der Waals surface area contributed by atoms with Gasteiger partial charge in [-0.25, -0.2) is 9.59 Å². The van der Waals surface area contributed by atoms with E-state index in [1.54, 1.807) is 0 Å². The molecule has 2 aromatic rings. The van der Waals surface area contributed by atoms with Crippen LogP contribution in [0.25, 0.3) is 11.1 Å². The zero-order valence-electron chi connectivity index (χ0n) is 36.2. The van der Waals surface area contributed by atoms with Crippen molar-refractivity contribution >= 4 is 23.8 Å². The number of alkyl carbamates (subject to hydrolysis) is 1. The molecule has 1 aliphatic rings. The average molecular weight is 896 g/mol. The van der Waals surface area contributed by atoms with Crippen molar-refractivity contribution in [2.24, 2.45) is 0 Å². The fourth-order valence-corrected chi connectivity index (χ4v) is 5.79. The highest BCUT2D eigenvalue weighted by Gasteiger charge is 2.29. The molecule has 2 N–H and O–H groups in total. The second-order valence-electron chi connectivity index (χ2n) is 13.4. The minimum atomic E-state index is -1.57. The maximum atomic E-state index is 12.3. The second kappa shape index (κ2) is 36.2. The lowest BCUT2D eigenvalue weighted by atomic mass is 9.98. The van der Waals surface area contributed by atoms with E-state index in [4.69, 9.17) is 66.7 Å². The molecule has 63 heavy (non-hydrogen) atoms. The van der Waals surface area contributed by atoms with Gasteiger partial charge in [0.25, 0.3) is 0 Å². The van der Waals surface area contributed by atoms with Crippen molar-refractivity contribution in [3.8, 4) is 11.1 Å². The van der Waals surface area contributed by atoms with E-state index in [0.29, 0.717) is 145 Å². The Bertz CT molecular complexity index is 1480. The van der Waals surface area contributed by atoms with Gasteiger partial charge in [0, 0.05) is 18.9 Å². The fraction of sp³-hybridized carbons (Fsp3) is 0.636. The van der Waals surface area contributed by atoms with Gasteiger partial charge in [0.2, 0.25) is 5.78 Å². The first-order chi connectivity index (χ1) is 31.0. The third kappa shape index (κ3) is 25.7. The Hall–Kier alpha value is -4.12. The number of fused-ring (bicyclic) bond motifs is 3. The molecule has 3 rings (SSSR count). The monoisotopic (exact) mass is 895 g/mol. The highest BCUT2D eigenvalue weighted by molar-refractivity contribution is 6.32. The Balaban J connectivity index is 0.921. The lowest BCUT2D eigenvalue weighted by Gasteiger charge is -2.14. The lowest BCUT2D eigenvalue weighted by molar-refractivity contribution is -0.151. The molecule has 0 aliphatic heterocycles. The van der Waals surface area contributed by atoms with Crippen molar-refractivity contribution < 1.29 is 85.9 Å². The van der Waals surface area contributed by atoms with Crippen LogP contribution in [0.5, 0.6) is 0 Å². The van der Waals surface area contributed by atoms with Crippen LogP contribution < -0.4 is 5.32 Å². The third-order valence-corrected chi connectivity index (χ3v) is 8.86. The third-order valence-electron chi connectivity index (χ3n) is 8.86. The Morgan fingerprint density at radius 3 is 1.13 bits per heavy atom. The number of carboxylic acids is 1. The molecule has 1 aliphatic carbocycles. The second-order valence-corrected chi connectivity index (χ2v) is 13.4. The summed E-state index contributed by atoms with van der Waals surface area (Å²) in [5.41, 5.74) is 4.74. The number of hydrogen-bond acceptors (Lipinski definition) is 17. The molecule has 0 spiro atoms. The quantitative estimate of drug-likeness (QED) is 0.0556. The van der Waals surface area contributed by atoms with Gasteiger partial charge in [-0.1, -0.05) is 48.5 Å². The van der Waals surface area contributed by atoms with Crippen LogP contribution in [-0.2, 0) is 76.0 Å². The highest BCUT2D eigenvalue weighted by Crippen LogP contribution is 2.44. The Labute approximate surface area is 369 Å². The number of amides is 1. The van der Waals surface area contributed by atoms with Crippen LogP contribution in [0.3, 0.4) is 0 Å². The summed E-state index contributed by atoms with van der Waals surface area (Å²) in [6.07, 6.45) is -1.14. The molecule has 354 valence electrons. The molecule has 0 fully saturated rings. The molecule has 0 heterocycles. The minimum absolute atomic E-state index is 0.00644. The van der Waals surface area contributed by atoms with E-state index in [-0.39, 0.29) is 32.2 Å². The predicted molar refractivity (Wildman–Crippen MR) is 225 cm³/mol. The van der Waals surface area contributed by atoms with Crippen LogP contribution in [0.2, 0.25) is 0 Å². The summed E-state index contributed by atoms with van der Waals surface area (Å²) in [5.74, 6) is -3.23. The van der Waals surface area contributed by atoms with Crippen LogP contribution in [-0.4, -0.2) is 194 Å². The van der Waals surface area contributed by atoms with E-state index in [1.165, 1.54) is 22.3 Å². The van der Waals surface area contributed by atoms with Crippen molar-refractivity contribution in [3.63, 3.8) is 0 Å². The van der Waals surface area contributed by atoms with Crippen molar-refractivity contribution in [2.75, 3.05) is 165 Å². The van der Waals surface area contributed by atoms with Crippen LogP contribution in [0.1, 0.15) is 29.9 Å². The average Bonchev–Trinajstić information content (AvgIpc) is 3.61. The van der Waals surface area contributed by atoms with Crippen LogP contribution in [0, 0.1) is 0 Å².